The molecule has 0 amide bonds. The number of amidine groups is 1. The number of carbonyl (C=O) groups is 2. The fourth-order valence-corrected chi connectivity index (χ4v) is 7.04. The van der Waals surface area contributed by atoms with Crippen LogP contribution in [0.4, 0.5) is 5.69 Å². The summed E-state index contributed by atoms with van der Waals surface area (Å²) in [6.45, 7) is -2.32. The molecule has 0 spiro atoms. The number of rotatable bonds is 11. The Bertz CT molecular complexity index is 2100. The number of hydrogen-bond acceptors (Lipinski definition) is 14. The Labute approximate surface area is 300 Å². The zero-order valence-electron chi connectivity index (χ0n) is 27.9. The lowest BCUT2D eigenvalue weighted by molar-refractivity contribution is -0.723. The van der Waals surface area contributed by atoms with Crippen molar-refractivity contribution in [3.8, 4) is 11.5 Å². The second-order valence-corrected chi connectivity index (χ2v) is 12.8. The Morgan fingerprint density at radius 2 is 1.66 bits per heavy atom. The van der Waals surface area contributed by atoms with E-state index >= 15 is 0 Å². The highest BCUT2D eigenvalue weighted by atomic mass is 16.7. The second-order valence-electron chi connectivity index (χ2n) is 12.8. The van der Waals surface area contributed by atoms with Gasteiger partial charge in [-0.15, -0.1) is 0 Å². The molecule has 3 aromatic carbocycles. The molecule has 3 aliphatic heterocycles. The van der Waals surface area contributed by atoms with Gasteiger partial charge in [0.2, 0.25) is 12.2 Å². The van der Waals surface area contributed by atoms with E-state index in [1.807, 2.05) is 0 Å². The molecule has 4 aliphatic rings. The van der Waals surface area contributed by atoms with Crippen molar-refractivity contribution in [3.05, 3.63) is 88.0 Å². The van der Waals surface area contributed by atoms with Crippen LogP contribution < -0.4 is 19.5 Å². The maximum absolute atomic E-state index is 14.1. The number of hydrogen-bond donors (Lipinski definition) is 8. The van der Waals surface area contributed by atoms with E-state index in [0.717, 1.165) is 0 Å². The Balaban J connectivity index is 1.41. The highest BCUT2D eigenvalue weighted by Crippen LogP contribution is 2.46. The highest BCUT2D eigenvalue weighted by Gasteiger charge is 2.56. The third-order valence-electron chi connectivity index (χ3n) is 9.64. The number of aliphatic hydroxyl groups is 6. The molecule has 17 heteroatoms. The topological polar surface area (TPSA) is 272 Å². The van der Waals surface area contributed by atoms with Crippen molar-refractivity contribution in [1.82, 2.24) is 0 Å². The Kier molecular flexibility index (Phi) is 9.75. The minimum Gasteiger partial charge on any atom is -0.857 e. The van der Waals surface area contributed by atoms with Crippen molar-refractivity contribution in [2.45, 2.75) is 43.0 Å². The van der Waals surface area contributed by atoms with Crippen LogP contribution in [-0.2, 0) is 11.2 Å². The minimum absolute atomic E-state index is 0.0165. The Hall–Kier alpha value is -5.24. The van der Waals surface area contributed by atoms with E-state index < -0.39 is 79.9 Å². The van der Waals surface area contributed by atoms with E-state index in [9.17, 15) is 45.3 Å². The van der Waals surface area contributed by atoms with Gasteiger partial charge in [0.25, 0.3) is 5.84 Å². The van der Waals surface area contributed by atoms with Crippen LogP contribution >= 0.6 is 0 Å². The van der Waals surface area contributed by atoms with Gasteiger partial charge in [0.1, 0.15) is 30.6 Å². The first-order valence-corrected chi connectivity index (χ1v) is 16.7. The summed E-state index contributed by atoms with van der Waals surface area (Å²) in [6, 6.07) is 14.6. The molecule has 1 saturated heterocycles. The molecule has 53 heavy (non-hydrogen) atoms. The van der Waals surface area contributed by atoms with Crippen molar-refractivity contribution < 1.29 is 64.4 Å². The van der Waals surface area contributed by atoms with Crippen LogP contribution in [0.1, 0.15) is 49.4 Å². The fourth-order valence-electron chi connectivity index (χ4n) is 7.04. The summed E-state index contributed by atoms with van der Waals surface area (Å²) in [5.74, 6) is -2.60. The van der Waals surface area contributed by atoms with Crippen molar-refractivity contribution in [2.75, 3.05) is 33.1 Å². The molecule has 17 nitrogen and oxygen atoms in total. The van der Waals surface area contributed by atoms with E-state index in [2.05, 4.69) is 15.0 Å². The smallest absolute Gasteiger partial charge is 0.262 e. The largest absolute Gasteiger partial charge is 0.857 e. The first kappa shape index (κ1) is 36.1. The molecular formula is C36H35N5O12. The van der Waals surface area contributed by atoms with E-state index in [1.54, 1.807) is 36.4 Å². The van der Waals surface area contributed by atoms with Crippen LogP contribution in [-0.4, -0.2) is 129 Å². The third-order valence-corrected chi connectivity index (χ3v) is 9.64. The quantitative estimate of drug-likeness (QED) is 0.0789. The predicted molar refractivity (Wildman–Crippen MR) is 182 cm³/mol. The van der Waals surface area contributed by atoms with Gasteiger partial charge >= 0.3 is 0 Å². The van der Waals surface area contributed by atoms with Crippen LogP contribution in [0.3, 0.4) is 0 Å². The van der Waals surface area contributed by atoms with E-state index in [4.69, 9.17) is 19.6 Å². The summed E-state index contributed by atoms with van der Waals surface area (Å²) < 4.78 is 18.1. The number of benzene rings is 3. The summed E-state index contributed by atoms with van der Waals surface area (Å²) in [6.07, 6.45) is -7.75. The summed E-state index contributed by atoms with van der Waals surface area (Å²) in [5, 5.41) is 83.5. The van der Waals surface area contributed by atoms with Gasteiger partial charge in [0, 0.05) is 53.2 Å². The summed E-state index contributed by atoms with van der Waals surface area (Å²) in [7, 11) is 0. The SMILES string of the molecule is N=C1N=C([O-])C2=NC[NH+](c3ccccc3Cc3cc4c(c(OCCO)c3O[C@@H]3O[C@@H](CO)[C@H](O)[C@@H](O)[C@@]3(O)CCO)C(=O)c3ccccc3C4=O)C2=N1. The number of para-hydroxylation sites is 1. The van der Waals surface area contributed by atoms with Crippen LogP contribution in [0.15, 0.2) is 69.6 Å². The molecule has 3 heterocycles. The maximum Gasteiger partial charge on any atom is 0.262 e. The number of aliphatic imine (C=N–C) groups is 3. The standard InChI is InChI=1S/C36H35N5O12/c37-35-39-32-25(33(49)40-35)38-16-41(32)22-8-4-1-5-17(22)13-18-14-21-24(27(46)20-7-3-2-6-19(20)26(21)45)30(51-12-11-43)29(18)53-34-36(50,9-10-42)31(48)28(47)23(15-44)52-34/h1-8,14,23,28,31,34,42-44,47-48,50H,9-13,15-16H2,(H2,37,40,49)/t23-,28-,31+,34-,36-/m0/s1. The number of aliphatic hydroxyl groups excluding tert-OH is 5. The molecule has 1 aliphatic carbocycles. The number of ketones is 2. The average Bonchev–Trinajstić information content (AvgIpc) is 3.58. The number of quaternary nitrogens is 1. The number of nitrogens with zero attached hydrogens (tertiary/aromatic N) is 3. The summed E-state index contributed by atoms with van der Waals surface area (Å²) in [4.78, 5) is 40.8. The predicted octanol–water partition coefficient (Wildman–Crippen LogP) is -2.61. The van der Waals surface area contributed by atoms with Crippen LogP contribution in [0.5, 0.6) is 11.5 Å². The molecule has 1 unspecified atom stereocenters. The van der Waals surface area contributed by atoms with Gasteiger partial charge in [0.05, 0.1) is 18.8 Å². The van der Waals surface area contributed by atoms with Gasteiger partial charge in [0.15, 0.2) is 41.0 Å². The first-order chi connectivity index (χ1) is 25.5. The molecule has 276 valence electrons. The Morgan fingerprint density at radius 3 is 2.38 bits per heavy atom. The number of ether oxygens (including phenoxy) is 3. The molecule has 0 saturated carbocycles. The second kappa shape index (κ2) is 14.3. The van der Waals surface area contributed by atoms with Crippen LogP contribution in [0.25, 0.3) is 0 Å². The van der Waals surface area contributed by atoms with Gasteiger partial charge in [-0.2, -0.15) is 4.99 Å². The van der Waals surface area contributed by atoms with Gasteiger partial charge in [-0.1, -0.05) is 42.5 Å². The molecule has 0 aromatic heterocycles. The molecule has 0 bridgehead atoms. The summed E-state index contributed by atoms with van der Waals surface area (Å²) >= 11 is 0. The minimum atomic E-state index is -2.47. The lowest BCUT2D eigenvalue weighted by Gasteiger charge is -2.47. The van der Waals surface area contributed by atoms with Gasteiger partial charge in [-0.25, -0.2) is 14.9 Å². The van der Waals surface area contributed by atoms with Gasteiger partial charge < -0.3 is 50.0 Å². The van der Waals surface area contributed by atoms with Crippen molar-refractivity contribution in [2.24, 2.45) is 15.0 Å². The van der Waals surface area contributed by atoms with Crippen molar-refractivity contribution >= 4 is 40.7 Å². The molecule has 6 atom stereocenters. The Morgan fingerprint density at radius 1 is 0.943 bits per heavy atom. The van der Waals surface area contributed by atoms with Crippen molar-refractivity contribution in [1.29, 1.82) is 5.41 Å². The molecule has 3 aromatic rings. The van der Waals surface area contributed by atoms with E-state index in [-0.39, 0.29) is 70.6 Å². The average molecular weight is 730 g/mol. The third kappa shape index (κ3) is 6.12. The molecular weight excluding hydrogens is 694 g/mol. The maximum atomic E-state index is 14.1. The molecule has 0 radical (unpaired) electrons. The lowest BCUT2D eigenvalue weighted by atomic mass is 9.81. The van der Waals surface area contributed by atoms with Crippen molar-refractivity contribution in [3.63, 3.8) is 0 Å². The first-order valence-electron chi connectivity index (χ1n) is 16.7. The number of guanidine groups is 1. The van der Waals surface area contributed by atoms with Crippen LogP contribution in [0.2, 0.25) is 0 Å². The molecule has 1 fully saturated rings. The van der Waals surface area contributed by atoms with Crippen LogP contribution in [0, 0.1) is 5.41 Å². The number of carbonyl (C=O) groups excluding carboxylic acids is 2. The zero-order chi connectivity index (χ0) is 37.6. The van der Waals surface area contributed by atoms with E-state index in [0.29, 0.717) is 16.2 Å². The van der Waals surface area contributed by atoms with E-state index in [1.165, 1.54) is 18.2 Å². The fraction of sp³-hybridized carbons (Fsp3) is 0.333. The lowest BCUT2D eigenvalue weighted by Crippen LogP contribution is -3.09. The van der Waals surface area contributed by atoms with Gasteiger partial charge in [-0.05, 0) is 12.1 Å². The summed E-state index contributed by atoms with van der Waals surface area (Å²) in [5.41, 5.74) is -1.12. The molecule has 7 rings (SSSR count). The zero-order valence-corrected chi connectivity index (χ0v) is 27.9. The molecule has 8 N–H and O–H groups in total. The monoisotopic (exact) mass is 729 g/mol. The van der Waals surface area contributed by atoms with Gasteiger partial charge in [-0.3, -0.25) is 15.0 Å². The normalized spacial score (nSPS) is 26.3. The number of fused-ring (bicyclic) bond motifs is 3. The number of nitrogens with one attached hydrogen (secondary N) is 2. The highest BCUT2D eigenvalue weighted by molar-refractivity contribution is 6.66.